The number of allylic oxidation sites excluding steroid dienone is 5. The maximum atomic E-state index is 12.7. The van der Waals surface area contributed by atoms with Crippen molar-refractivity contribution in [3.05, 3.63) is 48.6 Å². The lowest BCUT2D eigenvalue weighted by Crippen LogP contribution is -2.37. The lowest BCUT2D eigenvalue weighted by atomic mass is 10.0. The molecular formula is C44H82NO9P. The van der Waals surface area contributed by atoms with Gasteiger partial charge in [0.15, 0.2) is 0 Å². The molecule has 0 aliphatic heterocycles. The van der Waals surface area contributed by atoms with E-state index in [4.69, 9.17) is 18.5 Å². The van der Waals surface area contributed by atoms with Gasteiger partial charge in [-0.15, -0.1) is 0 Å². The number of aliphatic hydroxyl groups is 2. The van der Waals surface area contributed by atoms with Gasteiger partial charge in [0.25, 0.3) is 7.82 Å². The van der Waals surface area contributed by atoms with Crippen LogP contribution in [0.1, 0.15) is 155 Å². The van der Waals surface area contributed by atoms with Gasteiger partial charge in [-0.1, -0.05) is 159 Å². The van der Waals surface area contributed by atoms with Gasteiger partial charge in [0.1, 0.15) is 19.3 Å². The van der Waals surface area contributed by atoms with Crippen molar-refractivity contribution < 1.29 is 47.5 Å². The average molecular weight is 800 g/mol. The fraction of sp³-hybridized carbons (Fsp3) is 0.795. The Morgan fingerprint density at radius 3 is 1.80 bits per heavy atom. The molecule has 4 unspecified atom stereocenters. The van der Waals surface area contributed by atoms with Gasteiger partial charge in [0.2, 0.25) is 0 Å². The summed E-state index contributed by atoms with van der Waals surface area (Å²) in [5, 5.41) is 20.3. The number of unbranched alkanes of at least 4 members (excludes halogenated alkanes) is 16. The molecule has 0 aromatic rings. The first kappa shape index (κ1) is 53.4. The Bertz CT molecular complexity index is 1060. The highest BCUT2D eigenvalue weighted by Crippen LogP contribution is 2.38. The minimum atomic E-state index is -4.59. The average Bonchev–Trinajstić information content (AvgIpc) is 3.12. The maximum absolute atomic E-state index is 12.7. The molecule has 0 bridgehead atoms. The van der Waals surface area contributed by atoms with Crippen LogP contribution in [0.5, 0.6) is 0 Å². The number of phosphoric ester groups is 1. The van der Waals surface area contributed by atoms with Gasteiger partial charge in [-0.2, -0.15) is 0 Å². The maximum Gasteiger partial charge on any atom is 0.306 e. The first-order valence-electron chi connectivity index (χ1n) is 21.6. The molecule has 2 N–H and O–H groups in total. The van der Waals surface area contributed by atoms with Gasteiger partial charge in [0, 0.05) is 13.0 Å². The third kappa shape index (κ3) is 40.4. The molecule has 0 aromatic carbocycles. The lowest BCUT2D eigenvalue weighted by molar-refractivity contribution is -0.870. The van der Waals surface area contributed by atoms with E-state index in [1.54, 1.807) is 36.5 Å². The number of ether oxygens (including phenoxy) is 2. The summed E-state index contributed by atoms with van der Waals surface area (Å²) in [5.41, 5.74) is 0. The van der Waals surface area contributed by atoms with Crippen molar-refractivity contribution in [1.82, 2.24) is 0 Å². The SMILES string of the molecule is CCCCC/C=C/CC(O)/C=C/C=C/C=C/C(O)CCCC(=O)OC(COCCCCCCCCCCCCCCCC)COP(=O)([O-])OCC[N+](C)(C)C. The van der Waals surface area contributed by atoms with Gasteiger partial charge < -0.3 is 38.1 Å². The summed E-state index contributed by atoms with van der Waals surface area (Å²) in [6.07, 6.45) is 36.1. The number of aliphatic hydroxyl groups excluding tert-OH is 2. The molecule has 0 saturated heterocycles. The molecule has 0 rings (SSSR count). The van der Waals surface area contributed by atoms with E-state index in [1.165, 1.54) is 89.9 Å². The first-order chi connectivity index (χ1) is 26.4. The summed E-state index contributed by atoms with van der Waals surface area (Å²) in [5.74, 6) is -0.518. The number of hydrogen-bond acceptors (Lipinski definition) is 9. The van der Waals surface area contributed by atoms with E-state index in [0.717, 1.165) is 25.7 Å². The van der Waals surface area contributed by atoms with Crippen LogP contribution in [0.15, 0.2) is 48.6 Å². The molecule has 0 aliphatic rings. The lowest BCUT2D eigenvalue weighted by Gasteiger charge is -2.28. The second-order valence-corrected chi connectivity index (χ2v) is 17.2. The van der Waals surface area contributed by atoms with Gasteiger partial charge in [-0.25, -0.2) is 0 Å². The van der Waals surface area contributed by atoms with Gasteiger partial charge >= 0.3 is 5.97 Å². The predicted molar refractivity (Wildman–Crippen MR) is 225 cm³/mol. The van der Waals surface area contributed by atoms with E-state index in [-0.39, 0.29) is 19.6 Å². The highest BCUT2D eigenvalue weighted by molar-refractivity contribution is 7.45. The molecule has 322 valence electrons. The number of phosphoric acid groups is 1. The van der Waals surface area contributed by atoms with E-state index in [1.807, 2.05) is 27.2 Å². The number of nitrogens with zero attached hydrogens (tertiary/aromatic N) is 1. The summed E-state index contributed by atoms with van der Waals surface area (Å²) in [6.45, 7) is 5.00. The Labute approximate surface area is 336 Å². The second-order valence-electron chi connectivity index (χ2n) is 15.8. The fourth-order valence-corrected chi connectivity index (χ4v) is 6.35. The number of carbonyl (C=O) groups is 1. The van der Waals surface area contributed by atoms with E-state index in [0.29, 0.717) is 36.9 Å². The van der Waals surface area contributed by atoms with Crippen molar-refractivity contribution in [3.8, 4) is 0 Å². The Morgan fingerprint density at radius 2 is 1.22 bits per heavy atom. The summed E-state index contributed by atoms with van der Waals surface area (Å²) in [6, 6.07) is 0. The van der Waals surface area contributed by atoms with Crippen LogP contribution in [0.2, 0.25) is 0 Å². The molecule has 0 aliphatic carbocycles. The molecule has 4 atom stereocenters. The zero-order chi connectivity index (χ0) is 40.9. The van der Waals surface area contributed by atoms with Crippen molar-refractivity contribution in [2.75, 3.05) is 54.1 Å². The number of esters is 1. The summed E-state index contributed by atoms with van der Waals surface area (Å²) in [7, 11) is 1.20. The molecular weight excluding hydrogens is 717 g/mol. The molecule has 0 radical (unpaired) electrons. The Balaban J connectivity index is 4.53. The molecule has 0 spiro atoms. The highest BCUT2D eigenvalue weighted by Gasteiger charge is 2.20. The predicted octanol–water partition coefficient (Wildman–Crippen LogP) is 9.69. The summed E-state index contributed by atoms with van der Waals surface area (Å²) in [4.78, 5) is 25.0. The zero-order valence-electron chi connectivity index (χ0n) is 35.6. The highest BCUT2D eigenvalue weighted by atomic mass is 31.2. The van der Waals surface area contributed by atoms with Gasteiger partial charge in [-0.05, 0) is 38.5 Å². The van der Waals surface area contributed by atoms with E-state index < -0.39 is 38.7 Å². The van der Waals surface area contributed by atoms with Crippen LogP contribution >= 0.6 is 7.82 Å². The van der Waals surface area contributed by atoms with E-state index in [2.05, 4.69) is 19.9 Å². The summed E-state index contributed by atoms with van der Waals surface area (Å²) >= 11 is 0. The quantitative estimate of drug-likeness (QED) is 0.0156. The van der Waals surface area contributed by atoms with Crippen molar-refractivity contribution >= 4 is 13.8 Å². The summed E-state index contributed by atoms with van der Waals surface area (Å²) < 4.78 is 34.3. The largest absolute Gasteiger partial charge is 0.756 e. The number of rotatable bonds is 39. The van der Waals surface area contributed by atoms with Crippen molar-refractivity contribution in [2.45, 2.75) is 173 Å². The smallest absolute Gasteiger partial charge is 0.306 e. The van der Waals surface area contributed by atoms with E-state index in [9.17, 15) is 24.5 Å². The topological polar surface area (TPSA) is 135 Å². The third-order valence-corrected chi connectivity index (χ3v) is 10.0. The molecule has 0 amide bonds. The van der Waals surface area contributed by atoms with Crippen LogP contribution in [0.25, 0.3) is 0 Å². The van der Waals surface area contributed by atoms with Crippen LogP contribution in [-0.2, 0) is 27.9 Å². The minimum absolute atomic E-state index is 0.0159. The second kappa shape index (κ2) is 36.7. The number of likely N-dealkylation sites (N-methyl/N-ethyl adjacent to an activating group) is 1. The molecule has 0 heterocycles. The third-order valence-electron chi connectivity index (χ3n) is 9.07. The van der Waals surface area contributed by atoms with Crippen LogP contribution in [0.4, 0.5) is 0 Å². The standard InChI is InChI=1S/C44H82NO9P/c1-6-8-10-12-14-15-16-17-18-19-20-21-25-29-37-51-39-43(40-53-55(49,50)52-38-36-45(3,4)5)54-44(48)35-30-34-42(47)33-28-24-23-27-32-41(46)31-26-22-13-11-9-7-2/h22-24,26-28,32-33,41-43,46-47H,6-21,25,29-31,34-40H2,1-5H3/b24-23+,26-22+,32-27+,33-28+. The molecule has 0 aromatic heterocycles. The molecule has 0 saturated carbocycles. The van der Waals surface area contributed by atoms with Gasteiger partial charge in [0.05, 0.1) is 46.6 Å². The Kier molecular flexibility index (Phi) is 35.6. The first-order valence-corrected chi connectivity index (χ1v) is 23.0. The molecule has 10 nitrogen and oxygen atoms in total. The number of carbonyl (C=O) groups excluding carboxylic acids is 1. The van der Waals surface area contributed by atoms with Gasteiger partial charge in [-0.3, -0.25) is 9.36 Å². The molecule has 0 fully saturated rings. The van der Waals surface area contributed by atoms with Crippen LogP contribution < -0.4 is 4.89 Å². The van der Waals surface area contributed by atoms with Crippen LogP contribution in [0.3, 0.4) is 0 Å². The van der Waals surface area contributed by atoms with Crippen molar-refractivity contribution in [2.24, 2.45) is 0 Å². The molecule has 55 heavy (non-hydrogen) atoms. The zero-order valence-corrected chi connectivity index (χ0v) is 36.5. The van der Waals surface area contributed by atoms with Crippen LogP contribution in [0, 0.1) is 0 Å². The normalized spacial score (nSPS) is 15.4. The molecule has 11 heteroatoms. The monoisotopic (exact) mass is 800 g/mol. The minimum Gasteiger partial charge on any atom is -0.756 e. The van der Waals surface area contributed by atoms with Crippen molar-refractivity contribution in [3.63, 3.8) is 0 Å². The fourth-order valence-electron chi connectivity index (χ4n) is 5.62. The van der Waals surface area contributed by atoms with Crippen molar-refractivity contribution in [1.29, 1.82) is 0 Å². The number of hydrogen-bond donors (Lipinski definition) is 2. The van der Waals surface area contributed by atoms with E-state index >= 15 is 0 Å². The number of quaternary nitrogens is 1. The Morgan fingerprint density at radius 1 is 0.673 bits per heavy atom. The van der Waals surface area contributed by atoms with Crippen LogP contribution in [-0.4, -0.2) is 93.1 Å². The Hall–Kier alpha value is -1.62.